The highest BCUT2D eigenvalue weighted by Crippen LogP contribution is 2.29. The van der Waals surface area contributed by atoms with E-state index in [1.165, 1.54) is 0 Å². The fraction of sp³-hybridized carbons (Fsp3) is 0.211. The van der Waals surface area contributed by atoms with Gasteiger partial charge in [-0.05, 0) is 60.9 Å². The number of hydrogen-bond donors (Lipinski definition) is 1. The lowest BCUT2D eigenvalue weighted by Gasteiger charge is -2.09. The number of thioether (sulfide) groups is 1. The fourth-order valence-corrected chi connectivity index (χ4v) is 2.88. The molecule has 3 rings (SSSR count). The van der Waals surface area contributed by atoms with Crippen LogP contribution in [0.3, 0.4) is 0 Å². The minimum absolute atomic E-state index is 0. The van der Waals surface area contributed by atoms with Crippen molar-refractivity contribution in [1.82, 2.24) is 9.78 Å². The van der Waals surface area contributed by atoms with E-state index in [2.05, 4.69) is 6.07 Å². The Balaban J connectivity index is 0.00000243. The number of nitrogens with zero attached hydrogens (tertiary/aromatic N) is 2. The second kappa shape index (κ2) is 9.52. The smallest absolute Gasteiger partial charge is 0.119 e. The van der Waals surface area contributed by atoms with Crippen LogP contribution in [-0.2, 0) is 0 Å². The van der Waals surface area contributed by atoms with Crippen molar-refractivity contribution in [2.75, 3.05) is 26.5 Å². The van der Waals surface area contributed by atoms with Crippen molar-refractivity contribution in [1.29, 1.82) is 0 Å². The van der Waals surface area contributed by atoms with Crippen LogP contribution in [0, 0.1) is 0 Å². The van der Waals surface area contributed by atoms with Gasteiger partial charge < -0.3 is 15.2 Å². The lowest BCUT2D eigenvalue weighted by Crippen LogP contribution is -2.10. The predicted molar refractivity (Wildman–Crippen MR) is 109 cm³/mol. The number of methoxy groups -OCH3 is 1. The average molecular weight is 392 g/mol. The van der Waals surface area contributed by atoms with E-state index in [4.69, 9.17) is 20.3 Å². The summed E-state index contributed by atoms with van der Waals surface area (Å²) in [5.74, 6) is 1.64. The quantitative estimate of drug-likeness (QED) is 0.616. The van der Waals surface area contributed by atoms with Crippen molar-refractivity contribution in [3.63, 3.8) is 0 Å². The van der Waals surface area contributed by atoms with Crippen molar-refractivity contribution in [3.8, 4) is 28.4 Å². The Morgan fingerprint density at radius 3 is 2.27 bits per heavy atom. The number of rotatable bonds is 7. The van der Waals surface area contributed by atoms with Gasteiger partial charge >= 0.3 is 0 Å². The second-order valence-electron chi connectivity index (χ2n) is 5.34. The zero-order chi connectivity index (χ0) is 17.6. The van der Waals surface area contributed by atoms with Gasteiger partial charge in [0.15, 0.2) is 0 Å². The molecule has 0 unspecified atom stereocenters. The van der Waals surface area contributed by atoms with Gasteiger partial charge in [0.25, 0.3) is 0 Å². The molecule has 0 fully saturated rings. The van der Waals surface area contributed by atoms with Crippen LogP contribution in [-0.4, -0.2) is 36.3 Å². The summed E-state index contributed by atoms with van der Waals surface area (Å²) in [7, 11) is 1.66. The van der Waals surface area contributed by atoms with E-state index in [-0.39, 0.29) is 12.4 Å². The Bertz CT molecular complexity index is 820. The second-order valence-corrected chi connectivity index (χ2v) is 6.17. The van der Waals surface area contributed by atoms with Crippen LogP contribution in [0.2, 0.25) is 0 Å². The van der Waals surface area contributed by atoms with Crippen molar-refractivity contribution < 1.29 is 9.47 Å². The summed E-state index contributed by atoms with van der Waals surface area (Å²) in [5, 5.41) is 5.66. The normalized spacial score (nSPS) is 10.3. The SMILES string of the molecule is COc1ccc(-n2nc(SC)cc2-c2ccc(OCCN)cc2)cc1.Cl. The number of benzene rings is 2. The van der Waals surface area contributed by atoms with Crippen LogP contribution < -0.4 is 15.2 Å². The Morgan fingerprint density at radius 1 is 1.04 bits per heavy atom. The van der Waals surface area contributed by atoms with Crippen LogP contribution in [0.1, 0.15) is 0 Å². The molecule has 2 aromatic carbocycles. The van der Waals surface area contributed by atoms with Crippen LogP contribution in [0.15, 0.2) is 59.6 Å². The first kappa shape index (κ1) is 20.2. The van der Waals surface area contributed by atoms with E-state index in [0.717, 1.165) is 33.5 Å². The molecule has 0 bridgehead atoms. The molecule has 0 saturated heterocycles. The first-order valence-corrected chi connectivity index (χ1v) is 9.19. The molecule has 0 aliphatic heterocycles. The fourth-order valence-electron chi connectivity index (χ4n) is 2.48. The molecular weight excluding hydrogens is 370 g/mol. The van der Waals surface area contributed by atoms with Crippen molar-refractivity contribution in [2.24, 2.45) is 5.73 Å². The number of ether oxygens (including phenoxy) is 2. The van der Waals surface area contributed by atoms with Crippen molar-refractivity contribution in [3.05, 3.63) is 54.6 Å². The molecule has 5 nitrogen and oxygen atoms in total. The Kier molecular flexibility index (Phi) is 7.38. The maximum Gasteiger partial charge on any atom is 0.119 e. The zero-order valence-electron chi connectivity index (χ0n) is 14.7. The summed E-state index contributed by atoms with van der Waals surface area (Å²) in [4.78, 5) is 0. The lowest BCUT2D eigenvalue weighted by atomic mass is 10.1. The van der Waals surface area contributed by atoms with Gasteiger partial charge in [-0.15, -0.1) is 24.2 Å². The maximum atomic E-state index is 5.55. The summed E-state index contributed by atoms with van der Waals surface area (Å²) in [6, 6.07) is 17.9. The molecule has 2 N–H and O–H groups in total. The average Bonchev–Trinajstić information content (AvgIpc) is 3.11. The van der Waals surface area contributed by atoms with Gasteiger partial charge in [0.2, 0.25) is 0 Å². The van der Waals surface area contributed by atoms with Gasteiger partial charge in [0.05, 0.1) is 18.5 Å². The molecule has 1 aromatic heterocycles. The van der Waals surface area contributed by atoms with Crippen LogP contribution >= 0.6 is 24.2 Å². The zero-order valence-corrected chi connectivity index (χ0v) is 16.3. The van der Waals surface area contributed by atoms with E-state index < -0.39 is 0 Å². The molecule has 3 aromatic rings. The molecule has 1 heterocycles. The van der Waals surface area contributed by atoms with Crippen molar-refractivity contribution >= 4 is 24.2 Å². The summed E-state index contributed by atoms with van der Waals surface area (Å²) in [6.45, 7) is 1.02. The number of halogens is 1. The van der Waals surface area contributed by atoms with Gasteiger partial charge in [-0.25, -0.2) is 4.68 Å². The molecule has 0 aliphatic carbocycles. The molecule has 7 heteroatoms. The monoisotopic (exact) mass is 391 g/mol. The molecule has 0 aliphatic rings. The third-order valence-electron chi connectivity index (χ3n) is 3.75. The number of hydrogen-bond acceptors (Lipinski definition) is 5. The first-order chi connectivity index (χ1) is 12.2. The molecule has 0 radical (unpaired) electrons. The van der Waals surface area contributed by atoms with Crippen LogP contribution in [0.4, 0.5) is 0 Å². The molecule has 138 valence electrons. The molecule has 0 amide bonds. The van der Waals surface area contributed by atoms with E-state index in [1.54, 1.807) is 18.9 Å². The third-order valence-corrected chi connectivity index (χ3v) is 4.37. The highest BCUT2D eigenvalue weighted by atomic mass is 35.5. The number of nitrogens with two attached hydrogens (primary N) is 1. The highest BCUT2D eigenvalue weighted by Gasteiger charge is 2.12. The summed E-state index contributed by atoms with van der Waals surface area (Å²) in [6.07, 6.45) is 2.02. The van der Waals surface area contributed by atoms with Gasteiger partial charge in [-0.2, -0.15) is 5.10 Å². The lowest BCUT2D eigenvalue weighted by molar-refractivity contribution is 0.328. The molecule has 0 saturated carbocycles. The van der Waals surface area contributed by atoms with E-state index in [0.29, 0.717) is 13.2 Å². The topological polar surface area (TPSA) is 62.3 Å². The van der Waals surface area contributed by atoms with Gasteiger partial charge in [-0.3, -0.25) is 0 Å². The van der Waals surface area contributed by atoms with Crippen molar-refractivity contribution in [2.45, 2.75) is 5.03 Å². The van der Waals surface area contributed by atoms with Crippen LogP contribution in [0.5, 0.6) is 11.5 Å². The molecule has 0 spiro atoms. The minimum atomic E-state index is 0. The van der Waals surface area contributed by atoms with E-state index in [1.807, 2.05) is 59.5 Å². The summed E-state index contributed by atoms with van der Waals surface area (Å²) in [5.41, 5.74) is 8.56. The largest absolute Gasteiger partial charge is 0.497 e. The van der Waals surface area contributed by atoms with E-state index >= 15 is 0 Å². The molecular formula is C19H22ClN3O2S. The third kappa shape index (κ3) is 4.52. The maximum absolute atomic E-state index is 5.55. The Morgan fingerprint density at radius 2 is 1.69 bits per heavy atom. The van der Waals surface area contributed by atoms with Gasteiger partial charge in [0, 0.05) is 12.1 Å². The Labute approximate surface area is 163 Å². The van der Waals surface area contributed by atoms with E-state index in [9.17, 15) is 0 Å². The summed E-state index contributed by atoms with van der Waals surface area (Å²) >= 11 is 1.62. The minimum Gasteiger partial charge on any atom is -0.497 e. The van der Waals surface area contributed by atoms with Gasteiger partial charge in [-0.1, -0.05) is 0 Å². The van der Waals surface area contributed by atoms with Gasteiger partial charge in [0.1, 0.15) is 23.1 Å². The first-order valence-electron chi connectivity index (χ1n) is 7.97. The predicted octanol–water partition coefficient (Wildman–Crippen LogP) is 4.03. The number of aromatic nitrogens is 2. The summed E-state index contributed by atoms with van der Waals surface area (Å²) < 4.78 is 12.7. The standard InChI is InChI=1S/C19H21N3O2S.ClH/c1-23-16-9-5-15(6-10-16)22-18(13-19(21-22)25-2)14-3-7-17(8-4-14)24-12-11-20;/h3-10,13H,11-12,20H2,1-2H3;1H. The van der Waals surface area contributed by atoms with Crippen LogP contribution in [0.25, 0.3) is 16.9 Å². The molecule has 26 heavy (non-hydrogen) atoms. The highest BCUT2D eigenvalue weighted by molar-refractivity contribution is 7.98. The molecule has 0 atom stereocenters. The Hall–Kier alpha value is -2.15.